The number of hydrogen-bond donors (Lipinski definition) is 3. The van der Waals surface area contributed by atoms with Crippen LogP contribution in [0.4, 0.5) is 5.69 Å². The Labute approximate surface area is 124 Å². The normalized spacial score (nSPS) is 12.0. The molecule has 0 radical (unpaired) electrons. The molecule has 0 fully saturated rings. The lowest BCUT2D eigenvalue weighted by molar-refractivity contribution is -0.127. The molecule has 0 aliphatic rings. The molecule has 2 amide bonds. The minimum absolute atomic E-state index is 0.200. The van der Waals surface area contributed by atoms with Crippen LogP contribution in [0, 0.1) is 5.92 Å². The SMILES string of the molecule is CC(C)CCNC(=O)C(C)Oc1cc(N)ccc1C(N)=O. The van der Waals surface area contributed by atoms with Crippen LogP contribution in [0.5, 0.6) is 5.75 Å². The van der Waals surface area contributed by atoms with Crippen molar-refractivity contribution in [2.45, 2.75) is 33.3 Å². The van der Waals surface area contributed by atoms with E-state index in [0.29, 0.717) is 18.2 Å². The predicted octanol–water partition coefficient (Wildman–Crippen LogP) is 1.30. The third-order valence-electron chi connectivity index (χ3n) is 2.97. The van der Waals surface area contributed by atoms with E-state index in [1.165, 1.54) is 12.1 Å². The molecule has 0 aliphatic carbocycles. The number of nitrogens with one attached hydrogen (secondary N) is 1. The van der Waals surface area contributed by atoms with Gasteiger partial charge in [0, 0.05) is 18.3 Å². The number of nitrogens with two attached hydrogens (primary N) is 2. The molecule has 6 nitrogen and oxygen atoms in total. The first-order valence-corrected chi connectivity index (χ1v) is 6.95. The molecule has 0 aromatic heterocycles. The summed E-state index contributed by atoms with van der Waals surface area (Å²) in [5, 5.41) is 2.79. The molecular formula is C15H23N3O3. The zero-order valence-corrected chi connectivity index (χ0v) is 12.7. The van der Waals surface area contributed by atoms with Crippen LogP contribution in [-0.2, 0) is 4.79 Å². The van der Waals surface area contributed by atoms with Crippen molar-refractivity contribution in [3.63, 3.8) is 0 Å². The molecule has 21 heavy (non-hydrogen) atoms. The molecule has 1 aromatic rings. The maximum Gasteiger partial charge on any atom is 0.260 e. The van der Waals surface area contributed by atoms with Gasteiger partial charge in [-0.3, -0.25) is 9.59 Å². The highest BCUT2D eigenvalue weighted by Gasteiger charge is 2.18. The molecular weight excluding hydrogens is 270 g/mol. The molecule has 6 heteroatoms. The van der Waals surface area contributed by atoms with E-state index in [-0.39, 0.29) is 17.2 Å². The van der Waals surface area contributed by atoms with Crippen LogP contribution in [-0.4, -0.2) is 24.5 Å². The minimum Gasteiger partial charge on any atom is -0.480 e. The summed E-state index contributed by atoms with van der Waals surface area (Å²) in [6.07, 6.45) is 0.153. The Bertz CT molecular complexity index is 515. The molecule has 0 spiro atoms. The van der Waals surface area contributed by atoms with Crippen molar-refractivity contribution in [2.75, 3.05) is 12.3 Å². The van der Waals surface area contributed by atoms with Crippen molar-refractivity contribution in [2.24, 2.45) is 11.7 Å². The zero-order valence-electron chi connectivity index (χ0n) is 12.7. The topological polar surface area (TPSA) is 107 Å². The smallest absolute Gasteiger partial charge is 0.260 e. The van der Waals surface area contributed by atoms with Gasteiger partial charge in [-0.1, -0.05) is 13.8 Å². The van der Waals surface area contributed by atoms with Gasteiger partial charge in [-0.05, 0) is 31.4 Å². The molecule has 0 aliphatic heterocycles. The fourth-order valence-electron chi connectivity index (χ4n) is 1.71. The van der Waals surface area contributed by atoms with Crippen molar-refractivity contribution >= 4 is 17.5 Å². The summed E-state index contributed by atoms with van der Waals surface area (Å²) in [6.45, 7) is 6.36. The van der Waals surface area contributed by atoms with Gasteiger partial charge >= 0.3 is 0 Å². The Balaban J connectivity index is 2.69. The van der Waals surface area contributed by atoms with E-state index < -0.39 is 12.0 Å². The Morgan fingerprint density at radius 2 is 1.95 bits per heavy atom. The fourth-order valence-corrected chi connectivity index (χ4v) is 1.71. The van der Waals surface area contributed by atoms with Crippen molar-refractivity contribution in [3.05, 3.63) is 23.8 Å². The third-order valence-corrected chi connectivity index (χ3v) is 2.97. The number of hydrogen-bond acceptors (Lipinski definition) is 4. The zero-order chi connectivity index (χ0) is 16.0. The van der Waals surface area contributed by atoms with E-state index in [4.69, 9.17) is 16.2 Å². The average molecular weight is 293 g/mol. The molecule has 1 rings (SSSR count). The molecule has 0 heterocycles. The molecule has 5 N–H and O–H groups in total. The lowest BCUT2D eigenvalue weighted by atomic mass is 10.1. The van der Waals surface area contributed by atoms with Gasteiger partial charge in [-0.2, -0.15) is 0 Å². The van der Waals surface area contributed by atoms with Crippen LogP contribution in [0.25, 0.3) is 0 Å². The molecule has 0 saturated carbocycles. The quantitative estimate of drug-likeness (QED) is 0.658. The highest BCUT2D eigenvalue weighted by atomic mass is 16.5. The van der Waals surface area contributed by atoms with Gasteiger partial charge in [0.05, 0.1) is 5.56 Å². The molecule has 0 saturated heterocycles. The lowest BCUT2D eigenvalue weighted by Gasteiger charge is -2.17. The van der Waals surface area contributed by atoms with Crippen molar-refractivity contribution in [1.29, 1.82) is 0 Å². The van der Waals surface area contributed by atoms with E-state index in [2.05, 4.69) is 19.2 Å². The number of carbonyl (C=O) groups excluding carboxylic acids is 2. The molecule has 0 bridgehead atoms. The first-order valence-electron chi connectivity index (χ1n) is 6.95. The Hall–Kier alpha value is -2.24. The van der Waals surface area contributed by atoms with Gasteiger partial charge < -0.3 is 21.5 Å². The highest BCUT2D eigenvalue weighted by molar-refractivity contribution is 5.96. The van der Waals surface area contributed by atoms with Crippen LogP contribution in [0.3, 0.4) is 0 Å². The molecule has 1 atom stereocenters. The van der Waals surface area contributed by atoms with Crippen LogP contribution in [0.1, 0.15) is 37.6 Å². The Morgan fingerprint density at radius 3 is 2.52 bits per heavy atom. The van der Waals surface area contributed by atoms with Crippen LogP contribution >= 0.6 is 0 Å². The van der Waals surface area contributed by atoms with E-state index >= 15 is 0 Å². The van der Waals surface area contributed by atoms with E-state index in [1.807, 2.05) is 0 Å². The summed E-state index contributed by atoms with van der Waals surface area (Å²) >= 11 is 0. The Kier molecular flexibility index (Phi) is 6.02. The highest BCUT2D eigenvalue weighted by Crippen LogP contribution is 2.22. The van der Waals surface area contributed by atoms with Gasteiger partial charge in [0.2, 0.25) is 0 Å². The summed E-state index contributed by atoms with van der Waals surface area (Å²) in [5.41, 5.74) is 11.6. The average Bonchev–Trinajstić information content (AvgIpc) is 2.37. The summed E-state index contributed by atoms with van der Waals surface area (Å²) in [5.74, 6) is -0.142. The summed E-state index contributed by atoms with van der Waals surface area (Å²) in [4.78, 5) is 23.2. The number of ether oxygens (including phenoxy) is 1. The van der Waals surface area contributed by atoms with Crippen LogP contribution in [0.2, 0.25) is 0 Å². The predicted molar refractivity (Wildman–Crippen MR) is 81.9 cm³/mol. The molecule has 1 aromatic carbocycles. The summed E-state index contributed by atoms with van der Waals surface area (Å²) in [7, 11) is 0. The molecule has 1 unspecified atom stereocenters. The lowest BCUT2D eigenvalue weighted by Crippen LogP contribution is -2.37. The van der Waals surface area contributed by atoms with Gasteiger partial charge in [-0.15, -0.1) is 0 Å². The minimum atomic E-state index is -0.739. The second-order valence-electron chi connectivity index (χ2n) is 5.35. The van der Waals surface area contributed by atoms with E-state index in [1.54, 1.807) is 13.0 Å². The number of primary amides is 1. The number of rotatable bonds is 7. The van der Waals surface area contributed by atoms with Crippen LogP contribution < -0.4 is 21.5 Å². The molecule has 116 valence electrons. The summed E-state index contributed by atoms with van der Waals surface area (Å²) in [6, 6.07) is 4.52. The second kappa shape index (κ2) is 7.52. The fraction of sp³-hybridized carbons (Fsp3) is 0.467. The van der Waals surface area contributed by atoms with E-state index in [9.17, 15) is 9.59 Å². The van der Waals surface area contributed by atoms with Crippen LogP contribution in [0.15, 0.2) is 18.2 Å². The number of anilines is 1. The monoisotopic (exact) mass is 293 g/mol. The van der Waals surface area contributed by atoms with Gasteiger partial charge in [0.15, 0.2) is 6.10 Å². The van der Waals surface area contributed by atoms with Gasteiger partial charge in [0.25, 0.3) is 11.8 Å². The van der Waals surface area contributed by atoms with Gasteiger partial charge in [0.1, 0.15) is 5.75 Å². The number of amides is 2. The maximum atomic E-state index is 11.9. The van der Waals surface area contributed by atoms with E-state index in [0.717, 1.165) is 6.42 Å². The second-order valence-corrected chi connectivity index (χ2v) is 5.35. The third kappa shape index (κ3) is 5.33. The Morgan fingerprint density at radius 1 is 1.29 bits per heavy atom. The van der Waals surface area contributed by atoms with Crippen molar-refractivity contribution in [1.82, 2.24) is 5.32 Å². The first-order chi connectivity index (χ1) is 9.81. The standard InChI is InChI=1S/C15H23N3O3/c1-9(2)6-7-18-15(20)10(3)21-13-8-11(16)4-5-12(13)14(17)19/h4-5,8-10H,6-7,16H2,1-3H3,(H2,17,19)(H,18,20). The number of carbonyl (C=O) groups is 2. The van der Waals surface area contributed by atoms with Gasteiger partial charge in [-0.25, -0.2) is 0 Å². The van der Waals surface area contributed by atoms with Crippen molar-refractivity contribution in [3.8, 4) is 5.75 Å². The maximum absolute atomic E-state index is 11.9. The largest absolute Gasteiger partial charge is 0.480 e. The number of nitrogen functional groups attached to an aromatic ring is 1. The first kappa shape index (κ1) is 16.8. The number of benzene rings is 1. The summed E-state index contributed by atoms with van der Waals surface area (Å²) < 4.78 is 5.51. The van der Waals surface area contributed by atoms with Crippen molar-refractivity contribution < 1.29 is 14.3 Å².